The highest BCUT2D eigenvalue weighted by Crippen LogP contribution is 2.34. The van der Waals surface area contributed by atoms with Crippen LogP contribution in [0, 0.1) is 5.92 Å². The summed E-state index contributed by atoms with van der Waals surface area (Å²) in [6.45, 7) is 1.88. The first kappa shape index (κ1) is 7.32. The van der Waals surface area contributed by atoms with Crippen molar-refractivity contribution in [3.8, 4) is 0 Å². The van der Waals surface area contributed by atoms with E-state index in [9.17, 15) is 4.79 Å². The third-order valence-electron chi connectivity index (χ3n) is 1.68. The molecular formula is C8H12O2. The van der Waals surface area contributed by atoms with Gasteiger partial charge in [0.15, 0.2) is 0 Å². The molecule has 10 heavy (non-hydrogen) atoms. The average Bonchev–Trinajstić information content (AvgIpc) is 2.46. The molecule has 1 N–H and O–H groups in total. The lowest BCUT2D eigenvalue weighted by atomic mass is 10.1. The van der Waals surface area contributed by atoms with E-state index >= 15 is 0 Å². The molecule has 0 saturated heterocycles. The molecule has 56 valence electrons. The molecule has 0 aliphatic heterocycles. The number of allylic oxidation sites excluding steroid dienone is 1. The number of aliphatic carboxylic acids is 1. The maximum atomic E-state index is 10.1. The van der Waals surface area contributed by atoms with Crippen molar-refractivity contribution in [1.29, 1.82) is 0 Å². The molecule has 0 radical (unpaired) electrons. The van der Waals surface area contributed by atoms with Gasteiger partial charge in [0.1, 0.15) is 0 Å². The van der Waals surface area contributed by atoms with Gasteiger partial charge >= 0.3 is 5.97 Å². The van der Waals surface area contributed by atoms with E-state index in [-0.39, 0.29) is 0 Å². The van der Waals surface area contributed by atoms with Crippen LogP contribution in [0.3, 0.4) is 0 Å². The van der Waals surface area contributed by atoms with Crippen molar-refractivity contribution in [2.45, 2.75) is 26.2 Å². The number of carbonyl (C=O) groups is 1. The van der Waals surface area contributed by atoms with Crippen LogP contribution in [-0.4, -0.2) is 11.1 Å². The van der Waals surface area contributed by atoms with Gasteiger partial charge in [0.25, 0.3) is 0 Å². The number of hydrogen-bond donors (Lipinski definition) is 1. The Morgan fingerprint density at radius 3 is 2.70 bits per heavy atom. The minimum Gasteiger partial charge on any atom is -0.478 e. The second-order valence-electron chi connectivity index (χ2n) is 2.98. The largest absolute Gasteiger partial charge is 0.478 e. The van der Waals surface area contributed by atoms with Gasteiger partial charge in [-0.3, -0.25) is 0 Å². The molecule has 1 aliphatic rings. The molecule has 0 bridgehead atoms. The fourth-order valence-electron chi connectivity index (χ4n) is 1.05. The normalized spacial score (nSPS) is 19.1. The van der Waals surface area contributed by atoms with Crippen molar-refractivity contribution < 1.29 is 9.90 Å². The molecule has 0 unspecified atom stereocenters. The molecule has 1 saturated carbocycles. The van der Waals surface area contributed by atoms with Crippen LogP contribution in [0.25, 0.3) is 0 Å². The first-order valence-corrected chi connectivity index (χ1v) is 3.58. The topological polar surface area (TPSA) is 37.3 Å². The van der Waals surface area contributed by atoms with E-state index in [0.717, 1.165) is 17.9 Å². The van der Waals surface area contributed by atoms with E-state index in [2.05, 4.69) is 0 Å². The fourth-order valence-corrected chi connectivity index (χ4v) is 1.05. The van der Waals surface area contributed by atoms with Crippen LogP contribution in [0.5, 0.6) is 0 Å². The zero-order chi connectivity index (χ0) is 7.56. The number of hydrogen-bond acceptors (Lipinski definition) is 1. The van der Waals surface area contributed by atoms with Crippen molar-refractivity contribution in [2.24, 2.45) is 5.92 Å². The third-order valence-corrected chi connectivity index (χ3v) is 1.68. The highest BCUT2D eigenvalue weighted by atomic mass is 16.4. The van der Waals surface area contributed by atoms with Gasteiger partial charge in [-0.2, -0.15) is 0 Å². The van der Waals surface area contributed by atoms with Crippen molar-refractivity contribution in [2.75, 3.05) is 0 Å². The maximum absolute atomic E-state index is 10.1. The highest BCUT2D eigenvalue weighted by molar-refractivity contribution is 5.80. The Morgan fingerprint density at radius 1 is 1.70 bits per heavy atom. The number of rotatable bonds is 3. The molecule has 0 spiro atoms. The molecule has 1 fully saturated rings. The first-order valence-electron chi connectivity index (χ1n) is 3.58. The monoisotopic (exact) mass is 140 g/mol. The molecular weight excluding hydrogens is 128 g/mol. The third kappa shape index (κ3) is 2.67. The van der Waals surface area contributed by atoms with Crippen LogP contribution in [0.2, 0.25) is 0 Å². The summed E-state index contributed by atoms with van der Waals surface area (Å²) in [5, 5.41) is 8.34. The van der Waals surface area contributed by atoms with Crippen LogP contribution < -0.4 is 0 Å². The minimum absolute atomic E-state index is 0.788. The van der Waals surface area contributed by atoms with Gasteiger partial charge in [0.05, 0.1) is 0 Å². The summed E-state index contributed by atoms with van der Waals surface area (Å²) in [7, 11) is 0. The predicted octanol–water partition coefficient (Wildman–Crippen LogP) is 1.82. The summed E-state index contributed by atoms with van der Waals surface area (Å²) in [5.74, 6) is -0.0336. The molecule has 1 rings (SSSR count). The Labute approximate surface area is 60.6 Å². The Hall–Kier alpha value is -0.790. The van der Waals surface area contributed by atoms with E-state index in [1.807, 2.05) is 6.92 Å². The maximum Gasteiger partial charge on any atom is 0.328 e. The number of carboxylic acids is 1. The molecule has 0 aromatic carbocycles. The second-order valence-corrected chi connectivity index (χ2v) is 2.98. The summed E-state index contributed by atoms with van der Waals surface area (Å²) in [4.78, 5) is 10.1. The second kappa shape index (κ2) is 2.86. The van der Waals surface area contributed by atoms with E-state index < -0.39 is 5.97 Å². The molecule has 1 aliphatic carbocycles. The number of carboxylic acid groups (broad SMARTS) is 1. The van der Waals surface area contributed by atoms with Gasteiger partial charge < -0.3 is 5.11 Å². The lowest BCUT2D eigenvalue weighted by Crippen LogP contribution is -1.90. The summed E-state index contributed by atoms with van der Waals surface area (Å²) >= 11 is 0. The van der Waals surface area contributed by atoms with Crippen molar-refractivity contribution in [1.82, 2.24) is 0 Å². The van der Waals surface area contributed by atoms with Crippen LogP contribution in [-0.2, 0) is 4.79 Å². The van der Waals surface area contributed by atoms with E-state index in [1.54, 1.807) is 0 Å². The van der Waals surface area contributed by atoms with Gasteiger partial charge in [-0.1, -0.05) is 5.57 Å². The van der Waals surface area contributed by atoms with Crippen molar-refractivity contribution in [3.63, 3.8) is 0 Å². The minimum atomic E-state index is -0.821. The lowest BCUT2D eigenvalue weighted by Gasteiger charge is -1.94. The molecule has 2 heteroatoms. The van der Waals surface area contributed by atoms with Crippen LogP contribution >= 0.6 is 0 Å². The Morgan fingerprint density at radius 2 is 2.30 bits per heavy atom. The zero-order valence-electron chi connectivity index (χ0n) is 6.13. The fraction of sp³-hybridized carbons (Fsp3) is 0.625. The molecule has 0 aromatic heterocycles. The van der Waals surface area contributed by atoms with Crippen LogP contribution in [0.15, 0.2) is 11.6 Å². The lowest BCUT2D eigenvalue weighted by molar-refractivity contribution is -0.131. The van der Waals surface area contributed by atoms with E-state index in [0.29, 0.717) is 0 Å². The molecule has 2 nitrogen and oxygen atoms in total. The van der Waals surface area contributed by atoms with Gasteiger partial charge in [0, 0.05) is 6.08 Å². The van der Waals surface area contributed by atoms with Gasteiger partial charge in [-0.15, -0.1) is 0 Å². The Balaban J connectivity index is 2.30. The van der Waals surface area contributed by atoms with Crippen molar-refractivity contribution >= 4 is 5.97 Å². The van der Waals surface area contributed by atoms with Crippen LogP contribution in [0.4, 0.5) is 0 Å². The highest BCUT2D eigenvalue weighted by Gasteiger charge is 2.21. The smallest absolute Gasteiger partial charge is 0.328 e. The summed E-state index contributed by atoms with van der Waals surface area (Å²) in [5.41, 5.74) is 0.995. The molecule has 0 aromatic rings. The van der Waals surface area contributed by atoms with Gasteiger partial charge in [-0.25, -0.2) is 4.79 Å². The Bertz CT molecular complexity index is 166. The van der Waals surface area contributed by atoms with Crippen molar-refractivity contribution in [3.05, 3.63) is 11.6 Å². The molecule has 0 amide bonds. The van der Waals surface area contributed by atoms with Crippen LogP contribution in [0.1, 0.15) is 26.2 Å². The quantitative estimate of drug-likeness (QED) is 0.607. The first-order chi connectivity index (χ1) is 4.68. The van der Waals surface area contributed by atoms with Gasteiger partial charge in [0.2, 0.25) is 0 Å². The summed E-state index contributed by atoms with van der Waals surface area (Å²) < 4.78 is 0. The standard InChI is InChI=1S/C8H12O2/c1-6(5-8(9)10)4-7-2-3-7/h5,7H,2-4H2,1H3,(H,9,10). The van der Waals surface area contributed by atoms with E-state index in [1.165, 1.54) is 18.9 Å². The van der Waals surface area contributed by atoms with E-state index in [4.69, 9.17) is 5.11 Å². The Kier molecular flexibility index (Phi) is 2.10. The molecule has 0 heterocycles. The predicted molar refractivity (Wildman–Crippen MR) is 38.7 cm³/mol. The van der Waals surface area contributed by atoms with Gasteiger partial charge in [-0.05, 0) is 32.1 Å². The SMILES string of the molecule is CC(=CC(=O)O)CC1CC1. The summed E-state index contributed by atoms with van der Waals surface area (Å²) in [6, 6.07) is 0. The summed E-state index contributed by atoms with van der Waals surface area (Å²) in [6.07, 6.45) is 4.85. The average molecular weight is 140 g/mol. The zero-order valence-corrected chi connectivity index (χ0v) is 6.13. The molecule has 0 atom stereocenters.